The van der Waals surface area contributed by atoms with Gasteiger partial charge in [0.1, 0.15) is 11.3 Å². The lowest BCUT2D eigenvalue weighted by Crippen LogP contribution is -2.20. The van der Waals surface area contributed by atoms with Gasteiger partial charge in [-0.2, -0.15) is 0 Å². The number of esters is 1. The number of carbonyl (C=O) groups excluding carboxylic acids is 2. The molecule has 1 saturated carbocycles. The third-order valence-electron chi connectivity index (χ3n) is 5.67. The zero-order valence-corrected chi connectivity index (χ0v) is 18.9. The number of rotatable bonds is 5. The van der Waals surface area contributed by atoms with Crippen molar-refractivity contribution in [3.05, 3.63) is 76.3 Å². The first-order chi connectivity index (χ1) is 16.1. The van der Waals surface area contributed by atoms with Crippen LogP contribution in [0, 0.1) is 0 Å². The number of amidine groups is 1. The first-order valence-corrected chi connectivity index (χ1v) is 11.3. The largest absolute Gasteiger partial charge is 0.495 e. The summed E-state index contributed by atoms with van der Waals surface area (Å²) in [6, 6.07) is 16.0. The molecule has 1 aliphatic heterocycles. The Morgan fingerprint density at radius 2 is 2.03 bits per heavy atom. The second-order valence-corrected chi connectivity index (χ2v) is 8.82. The average molecular weight is 460 g/mol. The van der Waals surface area contributed by atoms with Crippen LogP contribution in [-0.4, -0.2) is 42.3 Å². The molecule has 2 aromatic carbocycles. The normalized spacial score (nSPS) is 21.9. The van der Waals surface area contributed by atoms with Crippen LogP contribution in [0.1, 0.15) is 33.8 Å². The molecule has 5 rings (SSSR count). The average Bonchev–Trinajstić information content (AvgIpc) is 3.53. The van der Waals surface area contributed by atoms with E-state index in [2.05, 4.69) is 22.4 Å². The van der Waals surface area contributed by atoms with Crippen LogP contribution >= 0.6 is 11.8 Å². The standard InChI is InChI=1S/C25H21N3O4S/c1-31-22-17-10-14(8-9-19(17)26-13-18(22)24(30)32-2)11-21-23(29)28-25(33-21)27-20-12-16(20)15-6-4-3-5-7-15/h3-11,13,16,20H,12H2,1-2H3,(H,27,28,29)/t16-,20+/m0/s1. The Morgan fingerprint density at radius 1 is 1.21 bits per heavy atom. The van der Waals surface area contributed by atoms with Gasteiger partial charge in [0.05, 0.1) is 30.7 Å². The van der Waals surface area contributed by atoms with Crippen LogP contribution < -0.4 is 10.1 Å². The quantitative estimate of drug-likeness (QED) is 0.456. The third-order valence-corrected chi connectivity index (χ3v) is 6.59. The Hall–Kier alpha value is -3.65. The number of pyridine rings is 1. The summed E-state index contributed by atoms with van der Waals surface area (Å²) in [6.07, 6.45) is 4.23. The second-order valence-electron chi connectivity index (χ2n) is 7.79. The van der Waals surface area contributed by atoms with E-state index in [4.69, 9.17) is 14.5 Å². The molecule has 0 unspecified atom stereocenters. The summed E-state index contributed by atoms with van der Waals surface area (Å²) >= 11 is 1.34. The lowest BCUT2D eigenvalue weighted by atomic mass is 10.1. The Balaban J connectivity index is 1.39. The summed E-state index contributed by atoms with van der Waals surface area (Å²) in [5.41, 5.74) is 2.99. The van der Waals surface area contributed by atoms with E-state index in [1.165, 1.54) is 37.7 Å². The molecule has 1 saturated heterocycles. The molecule has 166 valence electrons. The summed E-state index contributed by atoms with van der Waals surface area (Å²) in [5, 5.41) is 4.16. The van der Waals surface area contributed by atoms with Crippen molar-refractivity contribution < 1.29 is 19.1 Å². The highest BCUT2D eigenvalue weighted by Gasteiger charge is 2.39. The van der Waals surface area contributed by atoms with Crippen LogP contribution in [0.4, 0.5) is 0 Å². The molecule has 2 fully saturated rings. The van der Waals surface area contributed by atoms with Crippen molar-refractivity contribution in [1.82, 2.24) is 10.3 Å². The van der Waals surface area contributed by atoms with E-state index in [0.717, 1.165) is 12.0 Å². The maximum atomic E-state index is 12.5. The lowest BCUT2D eigenvalue weighted by molar-refractivity contribution is -0.115. The smallest absolute Gasteiger partial charge is 0.343 e. The monoisotopic (exact) mass is 459 g/mol. The number of thioether (sulfide) groups is 1. The molecule has 1 aliphatic carbocycles. The van der Waals surface area contributed by atoms with E-state index >= 15 is 0 Å². The number of hydrogen-bond donors (Lipinski definition) is 1. The molecular formula is C25H21N3O4S. The first kappa shape index (κ1) is 21.2. The van der Waals surface area contributed by atoms with E-state index < -0.39 is 5.97 Å². The fourth-order valence-corrected chi connectivity index (χ4v) is 4.80. The van der Waals surface area contributed by atoms with Gasteiger partial charge in [0.15, 0.2) is 5.17 Å². The molecule has 2 aliphatic rings. The molecule has 1 N–H and O–H groups in total. The van der Waals surface area contributed by atoms with Crippen LogP contribution in [0.15, 0.2) is 64.6 Å². The zero-order valence-electron chi connectivity index (χ0n) is 18.1. The van der Waals surface area contributed by atoms with Gasteiger partial charge in [-0.1, -0.05) is 36.4 Å². The second kappa shape index (κ2) is 8.71. The predicted molar refractivity (Wildman–Crippen MR) is 128 cm³/mol. The summed E-state index contributed by atoms with van der Waals surface area (Å²) in [4.78, 5) is 34.2. The fourth-order valence-electron chi connectivity index (χ4n) is 3.92. The minimum atomic E-state index is -0.523. The zero-order chi connectivity index (χ0) is 22.9. The number of ether oxygens (including phenoxy) is 2. The number of carbonyl (C=O) groups is 2. The molecule has 0 spiro atoms. The van der Waals surface area contributed by atoms with Crippen LogP contribution in [0.2, 0.25) is 0 Å². The van der Waals surface area contributed by atoms with Gasteiger partial charge in [0, 0.05) is 17.5 Å². The summed E-state index contributed by atoms with van der Waals surface area (Å²) in [7, 11) is 2.81. The van der Waals surface area contributed by atoms with Gasteiger partial charge in [0.2, 0.25) is 0 Å². The van der Waals surface area contributed by atoms with Crippen molar-refractivity contribution >= 4 is 45.8 Å². The summed E-state index contributed by atoms with van der Waals surface area (Å²) < 4.78 is 10.3. The number of benzene rings is 2. The molecular weight excluding hydrogens is 438 g/mol. The number of methoxy groups -OCH3 is 2. The van der Waals surface area contributed by atoms with Crippen LogP contribution in [0.3, 0.4) is 0 Å². The van der Waals surface area contributed by atoms with Gasteiger partial charge < -0.3 is 14.8 Å². The van der Waals surface area contributed by atoms with Gasteiger partial charge >= 0.3 is 5.97 Å². The number of amides is 1. The third kappa shape index (κ3) is 4.21. The van der Waals surface area contributed by atoms with E-state index in [-0.39, 0.29) is 17.5 Å². The molecule has 1 aromatic heterocycles. The van der Waals surface area contributed by atoms with Crippen molar-refractivity contribution in [2.75, 3.05) is 14.2 Å². The molecule has 7 nitrogen and oxygen atoms in total. The van der Waals surface area contributed by atoms with Crippen LogP contribution in [0.25, 0.3) is 17.0 Å². The van der Waals surface area contributed by atoms with Crippen molar-refractivity contribution in [3.8, 4) is 5.75 Å². The lowest BCUT2D eigenvalue weighted by Gasteiger charge is -2.10. The molecule has 1 amide bonds. The summed E-state index contributed by atoms with van der Waals surface area (Å²) in [6.45, 7) is 0. The van der Waals surface area contributed by atoms with Gasteiger partial charge in [-0.3, -0.25) is 14.8 Å². The maximum Gasteiger partial charge on any atom is 0.343 e. The highest BCUT2D eigenvalue weighted by molar-refractivity contribution is 8.18. The van der Waals surface area contributed by atoms with Gasteiger partial charge in [0.25, 0.3) is 5.91 Å². The van der Waals surface area contributed by atoms with E-state index in [0.29, 0.717) is 32.6 Å². The van der Waals surface area contributed by atoms with Gasteiger partial charge in [-0.25, -0.2) is 4.79 Å². The van der Waals surface area contributed by atoms with Gasteiger partial charge in [-0.15, -0.1) is 0 Å². The number of hydrogen-bond acceptors (Lipinski definition) is 7. The summed E-state index contributed by atoms with van der Waals surface area (Å²) in [5.74, 6) is 0.0990. The van der Waals surface area contributed by atoms with Crippen molar-refractivity contribution in [1.29, 1.82) is 0 Å². The first-order valence-electron chi connectivity index (χ1n) is 10.5. The molecule has 8 heteroatoms. The molecule has 3 aromatic rings. The highest BCUT2D eigenvalue weighted by Crippen LogP contribution is 2.44. The molecule has 33 heavy (non-hydrogen) atoms. The number of aromatic nitrogens is 1. The number of nitrogens with zero attached hydrogens (tertiary/aromatic N) is 2. The Bertz CT molecular complexity index is 1320. The highest BCUT2D eigenvalue weighted by atomic mass is 32.2. The van der Waals surface area contributed by atoms with Crippen molar-refractivity contribution in [3.63, 3.8) is 0 Å². The van der Waals surface area contributed by atoms with Gasteiger partial charge in [-0.05, 0) is 47.5 Å². The number of aliphatic imine (C=N–C) groups is 1. The molecule has 2 heterocycles. The Morgan fingerprint density at radius 3 is 2.79 bits per heavy atom. The minimum absolute atomic E-state index is 0.177. The van der Waals surface area contributed by atoms with Crippen LogP contribution in [-0.2, 0) is 9.53 Å². The topological polar surface area (TPSA) is 89.9 Å². The number of nitrogens with one attached hydrogen (secondary N) is 1. The Kier molecular flexibility index (Phi) is 5.60. The molecule has 2 atom stereocenters. The van der Waals surface area contributed by atoms with E-state index in [1.54, 1.807) is 6.08 Å². The van der Waals surface area contributed by atoms with Crippen molar-refractivity contribution in [2.45, 2.75) is 18.4 Å². The van der Waals surface area contributed by atoms with Crippen LogP contribution in [0.5, 0.6) is 5.75 Å². The SMILES string of the molecule is COC(=O)c1cnc2ccc(C=C3SC(=N[C@@H]4C[C@H]4c4ccccc4)NC3=O)cc2c1OC. The molecule has 0 radical (unpaired) electrons. The Labute approximate surface area is 194 Å². The maximum absolute atomic E-state index is 12.5. The molecule has 0 bridgehead atoms. The number of fused-ring (bicyclic) bond motifs is 1. The minimum Gasteiger partial charge on any atom is -0.495 e. The fraction of sp³-hybridized carbons (Fsp3) is 0.200. The van der Waals surface area contributed by atoms with Crippen molar-refractivity contribution in [2.24, 2.45) is 4.99 Å². The van der Waals surface area contributed by atoms with E-state index in [1.807, 2.05) is 36.4 Å². The van der Waals surface area contributed by atoms with E-state index in [9.17, 15) is 9.59 Å². The predicted octanol–water partition coefficient (Wildman–Crippen LogP) is 4.15.